The molecule has 0 aromatic rings. The Bertz CT molecular complexity index is 215. The minimum absolute atomic E-state index is 0.113. The molecule has 0 N–H and O–H groups in total. The van der Waals surface area contributed by atoms with Crippen molar-refractivity contribution < 1.29 is 13.4 Å². The van der Waals surface area contributed by atoms with Crippen molar-refractivity contribution in [3.05, 3.63) is 0 Å². The first kappa shape index (κ1) is 5.87. The van der Waals surface area contributed by atoms with E-state index in [0.717, 1.165) is 0 Å². The smallest absolute Gasteiger partial charge is 0.237 e. The molecule has 4 heteroatoms. The number of quaternary nitrogens is 1. The first-order valence-electron chi connectivity index (χ1n) is 3.04. The molecule has 0 spiro atoms. The normalized spacial score (nSPS) is 59.9. The van der Waals surface area contributed by atoms with Gasteiger partial charge in [-0.1, -0.05) is 0 Å². The van der Waals surface area contributed by atoms with Crippen LogP contribution < -0.4 is 0 Å². The quantitative estimate of drug-likeness (QED) is 0.372. The van der Waals surface area contributed by atoms with Gasteiger partial charge in [-0.2, -0.15) is 0 Å². The maximum Gasteiger partial charge on any atom is 0.237 e. The zero-order valence-electron chi connectivity index (χ0n) is 5.54. The molecule has 0 aliphatic carbocycles. The standard InChI is InChI=1S/C5H10FNOP/c1-7(2)3-9(8)4(6)5(7)9/h4-5H,3H2,1-2H3/q+1. The second-order valence-corrected chi connectivity index (χ2v) is 6.57. The van der Waals surface area contributed by atoms with Gasteiger partial charge in [-0.25, -0.2) is 4.39 Å². The monoisotopic (exact) mass is 150 g/mol. The molecule has 2 saturated heterocycles. The lowest BCUT2D eigenvalue weighted by atomic mass is 10.5. The average molecular weight is 150 g/mol. The molecule has 0 aromatic heterocycles. The molecule has 0 bridgehead atoms. The topological polar surface area (TPSA) is 17.1 Å². The van der Waals surface area contributed by atoms with Crippen LogP contribution >= 0.6 is 7.14 Å². The fraction of sp³-hybridized carbons (Fsp3) is 1.00. The van der Waals surface area contributed by atoms with Crippen molar-refractivity contribution in [1.82, 2.24) is 0 Å². The van der Waals surface area contributed by atoms with E-state index in [0.29, 0.717) is 10.8 Å². The summed E-state index contributed by atoms with van der Waals surface area (Å²) >= 11 is 0. The number of alkyl halides is 1. The Kier molecular flexibility index (Phi) is 0.735. The van der Waals surface area contributed by atoms with Gasteiger partial charge in [0.2, 0.25) is 13.1 Å². The van der Waals surface area contributed by atoms with Crippen molar-refractivity contribution in [1.29, 1.82) is 0 Å². The van der Waals surface area contributed by atoms with Crippen molar-refractivity contribution in [2.45, 2.75) is 11.7 Å². The SMILES string of the molecule is C[N+]1(C)CP2(=O)C(F)C12. The lowest BCUT2D eigenvalue weighted by Gasteiger charge is -2.35. The van der Waals surface area contributed by atoms with Crippen molar-refractivity contribution in [2.75, 3.05) is 20.4 Å². The first-order chi connectivity index (χ1) is 3.98. The molecule has 2 aliphatic rings. The largest absolute Gasteiger partial charge is 0.311 e. The summed E-state index contributed by atoms with van der Waals surface area (Å²) in [5.41, 5.74) is 0. The van der Waals surface area contributed by atoms with Crippen molar-refractivity contribution in [3.8, 4) is 0 Å². The van der Waals surface area contributed by atoms with Crippen LogP contribution in [0.2, 0.25) is 0 Å². The number of fused-ring (bicyclic) bond motifs is 1. The number of hydrogen-bond acceptors (Lipinski definition) is 1. The average Bonchev–Trinajstić information content (AvgIpc) is 2.03. The summed E-state index contributed by atoms with van der Waals surface area (Å²) in [7, 11) is 1.66. The van der Waals surface area contributed by atoms with Gasteiger partial charge in [-0.15, -0.1) is 0 Å². The fourth-order valence-corrected chi connectivity index (χ4v) is 5.81. The van der Waals surface area contributed by atoms with Gasteiger partial charge in [-0.3, -0.25) is 0 Å². The van der Waals surface area contributed by atoms with E-state index in [1.165, 1.54) is 0 Å². The van der Waals surface area contributed by atoms with Crippen LogP contribution in [-0.4, -0.2) is 36.6 Å². The molecule has 2 fully saturated rings. The minimum atomic E-state index is -2.21. The van der Waals surface area contributed by atoms with Gasteiger partial charge in [-0.05, 0) is 0 Å². The highest BCUT2D eigenvalue weighted by atomic mass is 31.2. The zero-order chi connectivity index (χ0) is 6.86. The van der Waals surface area contributed by atoms with Gasteiger partial charge in [0, 0.05) is 0 Å². The third-order valence-electron chi connectivity index (χ3n) is 2.32. The fourth-order valence-electron chi connectivity index (χ4n) is 1.89. The third-order valence-corrected chi connectivity index (χ3v) is 6.05. The molecular weight excluding hydrogens is 140 g/mol. The molecule has 0 radical (unpaired) electrons. The Labute approximate surface area is 53.6 Å². The summed E-state index contributed by atoms with van der Waals surface area (Å²) in [6, 6.07) is 0. The highest BCUT2D eigenvalue weighted by Crippen LogP contribution is 2.85. The van der Waals surface area contributed by atoms with Crippen LogP contribution in [0.25, 0.3) is 0 Å². The Balaban J connectivity index is 2.29. The molecule has 52 valence electrons. The summed E-state index contributed by atoms with van der Waals surface area (Å²) in [6.07, 6.45) is 0.582. The summed E-state index contributed by atoms with van der Waals surface area (Å²) in [5.74, 6) is -1.06. The van der Waals surface area contributed by atoms with Crippen LogP contribution in [0.15, 0.2) is 0 Å². The predicted molar refractivity (Wildman–Crippen MR) is 33.3 cm³/mol. The summed E-state index contributed by atoms with van der Waals surface area (Å²) < 4.78 is 24.3. The maximum atomic E-state index is 12.6. The van der Waals surface area contributed by atoms with E-state index in [9.17, 15) is 8.96 Å². The van der Waals surface area contributed by atoms with Crippen LogP contribution in [0, 0.1) is 0 Å². The zero-order valence-corrected chi connectivity index (χ0v) is 6.44. The van der Waals surface area contributed by atoms with Crippen molar-refractivity contribution in [2.24, 2.45) is 0 Å². The molecule has 2 nitrogen and oxygen atoms in total. The summed E-state index contributed by atoms with van der Waals surface area (Å²) in [5, 5.41) is 0. The van der Waals surface area contributed by atoms with Gasteiger partial charge in [0.05, 0.1) is 14.1 Å². The molecule has 2 rings (SSSR count). The molecule has 0 aromatic carbocycles. The highest BCUT2D eigenvalue weighted by molar-refractivity contribution is 7.73. The summed E-state index contributed by atoms with van der Waals surface area (Å²) in [6.45, 7) is 0. The highest BCUT2D eigenvalue weighted by Gasteiger charge is 2.83. The van der Waals surface area contributed by atoms with Crippen LogP contribution in [0.5, 0.6) is 0 Å². The van der Waals surface area contributed by atoms with Crippen molar-refractivity contribution in [3.63, 3.8) is 0 Å². The Hall–Kier alpha value is 0.120. The minimum Gasteiger partial charge on any atom is -0.311 e. The first-order valence-corrected chi connectivity index (χ1v) is 5.07. The second-order valence-electron chi connectivity index (χ2n) is 3.56. The van der Waals surface area contributed by atoms with Gasteiger partial charge in [0.25, 0.3) is 0 Å². The lowest BCUT2D eigenvalue weighted by molar-refractivity contribution is -0.897. The molecular formula is C5H10FNOP+. The molecule has 3 atom stereocenters. The molecule has 9 heavy (non-hydrogen) atoms. The van der Waals surface area contributed by atoms with Crippen LogP contribution in [0.1, 0.15) is 0 Å². The van der Waals surface area contributed by atoms with E-state index in [4.69, 9.17) is 0 Å². The third kappa shape index (κ3) is 0.446. The molecule has 0 amide bonds. The van der Waals surface area contributed by atoms with Gasteiger partial charge < -0.3 is 9.05 Å². The number of rotatable bonds is 0. The van der Waals surface area contributed by atoms with Gasteiger partial charge >= 0.3 is 0 Å². The lowest BCUT2D eigenvalue weighted by Crippen LogP contribution is -2.48. The number of halogens is 1. The number of nitrogens with zero attached hydrogens (tertiary/aromatic N) is 1. The van der Waals surface area contributed by atoms with E-state index in [1.54, 1.807) is 0 Å². The van der Waals surface area contributed by atoms with E-state index < -0.39 is 13.1 Å². The predicted octanol–water partition coefficient (Wildman–Crippen LogP) is 1.03. The van der Waals surface area contributed by atoms with E-state index in [2.05, 4.69) is 0 Å². The van der Waals surface area contributed by atoms with E-state index in [1.807, 2.05) is 14.1 Å². The Morgan fingerprint density at radius 1 is 1.67 bits per heavy atom. The Morgan fingerprint density at radius 2 is 2.22 bits per heavy atom. The van der Waals surface area contributed by atoms with Gasteiger partial charge in [0.15, 0.2) is 5.78 Å². The summed E-state index contributed by atoms with van der Waals surface area (Å²) in [4.78, 5) is 0. The van der Waals surface area contributed by atoms with Crippen LogP contribution in [-0.2, 0) is 4.57 Å². The van der Waals surface area contributed by atoms with Crippen LogP contribution in [0.4, 0.5) is 4.39 Å². The number of hydrogen-bond donors (Lipinski definition) is 0. The maximum absolute atomic E-state index is 12.6. The van der Waals surface area contributed by atoms with E-state index in [-0.39, 0.29) is 5.78 Å². The Morgan fingerprint density at radius 3 is 2.22 bits per heavy atom. The van der Waals surface area contributed by atoms with Crippen LogP contribution in [0.3, 0.4) is 0 Å². The second kappa shape index (κ2) is 1.13. The van der Waals surface area contributed by atoms with Gasteiger partial charge in [0.1, 0.15) is 6.29 Å². The molecule has 2 heterocycles. The molecule has 2 aliphatic heterocycles. The molecule has 3 unspecified atom stereocenters. The molecule has 0 saturated carbocycles. The van der Waals surface area contributed by atoms with Crippen molar-refractivity contribution >= 4 is 7.14 Å². The van der Waals surface area contributed by atoms with E-state index >= 15 is 0 Å².